The highest BCUT2D eigenvalue weighted by atomic mass is 16.5. The first kappa shape index (κ1) is 10.6. The fourth-order valence-corrected chi connectivity index (χ4v) is 1.90. The van der Waals surface area contributed by atoms with Crippen LogP contribution in [0.2, 0.25) is 0 Å². The Balaban J connectivity index is 2.53. The SMILES string of the molecule is CC#CCC1(CNC)CCCOC1. The van der Waals surface area contributed by atoms with Crippen LogP contribution in [-0.4, -0.2) is 26.8 Å². The molecule has 1 aliphatic rings. The third-order valence-corrected chi connectivity index (χ3v) is 2.60. The second-order valence-corrected chi connectivity index (χ2v) is 3.79. The fourth-order valence-electron chi connectivity index (χ4n) is 1.90. The van der Waals surface area contributed by atoms with Gasteiger partial charge >= 0.3 is 0 Å². The van der Waals surface area contributed by atoms with Crippen LogP contribution in [-0.2, 0) is 4.74 Å². The summed E-state index contributed by atoms with van der Waals surface area (Å²) in [6.45, 7) is 4.70. The van der Waals surface area contributed by atoms with Crippen molar-refractivity contribution in [3.8, 4) is 11.8 Å². The molecule has 0 spiro atoms. The first-order valence-corrected chi connectivity index (χ1v) is 4.95. The van der Waals surface area contributed by atoms with E-state index in [1.165, 1.54) is 12.8 Å². The molecule has 0 aromatic rings. The number of ether oxygens (including phenoxy) is 1. The lowest BCUT2D eigenvalue weighted by Gasteiger charge is -2.35. The van der Waals surface area contributed by atoms with E-state index in [1.807, 2.05) is 14.0 Å². The lowest BCUT2D eigenvalue weighted by atomic mass is 9.79. The Hall–Kier alpha value is -0.520. The van der Waals surface area contributed by atoms with Crippen LogP contribution in [0.5, 0.6) is 0 Å². The standard InChI is InChI=1S/C11H19NO/c1-3-4-6-11(9-12-2)7-5-8-13-10-11/h12H,5-10H2,1-2H3. The van der Waals surface area contributed by atoms with Gasteiger partial charge in [-0.25, -0.2) is 0 Å². The fraction of sp³-hybridized carbons (Fsp3) is 0.818. The van der Waals surface area contributed by atoms with Crippen LogP contribution in [0.25, 0.3) is 0 Å². The predicted molar refractivity (Wildman–Crippen MR) is 54.5 cm³/mol. The van der Waals surface area contributed by atoms with E-state index >= 15 is 0 Å². The van der Waals surface area contributed by atoms with Gasteiger partial charge in [-0.05, 0) is 26.8 Å². The highest BCUT2D eigenvalue weighted by Crippen LogP contribution is 2.31. The Morgan fingerprint density at radius 1 is 1.54 bits per heavy atom. The number of hydrogen-bond donors (Lipinski definition) is 1. The van der Waals surface area contributed by atoms with E-state index in [2.05, 4.69) is 17.2 Å². The van der Waals surface area contributed by atoms with E-state index in [0.29, 0.717) is 0 Å². The minimum atomic E-state index is 0.274. The van der Waals surface area contributed by atoms with Crippen molar-refractivity contribution in [2.24, 2.45) is 5.41 Å². The molecular weight excluding hydrogens is 162 g/mol. The molecule has 1 N–H and O–H groups in total. The topological polar surface area (TPSA) is 21.3 Å². The summed E-state index contributed by atoms with van der Waals surface area (Å²) in [4.78, 5) is 0. The highest BCUT2D eigenvalue weighted by molar-refractivity contribution is 5.02. The Labute approximate surface area is 81.0 Å². The van der Waals surface area contributed by atoms with Gasteiger partial charge in [-0.1, -0.05) is 0 Å². The molecule has 1 saturated heterocycles. The molecule has 1 unspecified atom stereocenters. The Kier molecular flexibility index (Phi) is 4.27. The molecule has 0 amide bonds. The van der Waals surface area contributed by atoms with E-state index in [-0.39, 0.29) is 5.41 Å². The summed E-state index contributed by atoms with van der Waals surface area (Å²) in [5.41, 5.74) is 0.274. The van der Waals surface area contributed by atoms with Gasteiger partial charge in [0.15, 0.2) is 0 Å². The predicted octanol–water partition coefficient (Wildman–Crippen LogP) is 1.42. The van der Waals surface area contributed by atoms with Crippen molar-refractivity contribution in [1.29, 1.82) is 0 Å². The summed E-state index contributed by atoms with van der Waals surface area (Å²) >= 11 is 0. The summed E-state index contributed by atoms with van der Waals surface area (Å²) in [5.74, 6) is 6.14. The van der Waals surface area contributed by atoms with Crippen LogP contribution in [0, 0.1) is 17.3 Å². The van der Waals surface area contributed by atoms with Gasteiger partial charge in [0.1, 0.15) is 0 Å². The molecule has 0 aliphatic carbocycles. The zero-order valence-electron chi connectivity index (χ0n) is 8.65. The van der Waals surface area contributed by atoms with Gasteiger partial charge in [0.2, 0.25) is 0 Å². The zero-order valence-corrected chi connectivity index (χ0v) is 8.65. The van der Waals surface area contributed by atoms with Gasteiger partial charge in [-0.3, -0.25) is 0 Å². The van der Waals surface area contributed by atoms with Crippen molar-refractivity contribution in [3.63, 3.8) is 0 Å². The zero-order chi connectivity index (χ0) is 9.57. The summed E-state index contributed by atoms with van der Waals surface area (Å²) in [5, 5.41) is 3.24. The van der Waals surface area contributed by atoms with E-state index < -0.39 is 0 Å². The molecule has 1 rings (SSSR count). The number of hydrogen-bond acceptors (Lipinski definition) is 2. The van der Waals surface area contributed by atoms with Gasteiger partial charge in [0, 0.05) is 25.0 Å². The molecule has 0 saturated carbocycles. The van der Waals surface area contributed by atoms with Gasteiger partial charge in [-0.2, -0.15) is 0 Å². The van der Waals surface area contributed by atoms with Crippen LogP contribution in [0.15, 0.2) is 0 Å². The summed E-state index contributed by atoms with van der Waals surface area (Å²) in [6.07, 6.45) is 3.37. The molecule has 2 nitrogen and oxygen atoms in total. The molecule has 1 aliphatic heterocycles. The lowest BCUT2D eigenvalue weighted by Crippen LogP contribution is -2.39. The Bertz CT molecular complexity index is 190. The molecule has 0 aromatic carbocycles. The smallest absolute Gasteiger partial charge is 0.0543 e. The molecule has 1 atom stereocenters. The second kappa shape index (κ2) is 5.26. The quantitative estimate of drug-likeness (QED) is 0.665. The van der Waals surface area contributed by atoms with Crippen molar-refractivity contribution in [2.75, 3.05) is 26.8 Å². The average molecular weight is 181 g/mol. The minimum Gasteiger partial charge on any atom is -0.381 e. The summed E-state index contributed by atoms with van der Waals surface area (Å²) in [6, 6.07) is 0. The molecular formula is C11H19NO. The third kappa shape index (κ3) is 3.02. The third-order valence-electron chi connectivity index (χ3n) is 2.60. The summed E-state index contributed by atoms with van der Waals surface area (Å²) in [7, 11) is 2.00. The molecule has 13 heavy (non-hydrogen) atoms. The maximum absolute atomic E-state index is 5.53. The first-order chi connectivity index (χ1) is 6.33. The number of nitrogens with one attached hydrogen (secondary N) is 1. The highest BCUT2D eigenvalue weighted by Gasteiger charge is 2.31. The van der Waals surface area contributed by atoms with Crippen LogP contribution in [0.4, 0.5) is 0 Å². The van der Waals surface area contributed by atoms with Crippen molar-refractivity contribution in [3.05, 3.63) is 0 Å². The van der Waals surface area contributed by atoms with E-state index in [0.717, 1.165) is 26.2 Å². The maximum Gasteiger partial charge on any atom is 0.0543 e. The van der Waals surface area contributed by atoms with Gasteiger partial charge in [0.05, 0.1) is 6.61 Å². The van der Waals surface area contributed by atoms with E-state index in [4.69, 9.17) is 4.74 Å². The Morgan fingerprint density at radius 3 is 2.92 bits per heavy atom. The van der Waals surface area contributed by atoms with Crippen LogP contribution in [0.1, 0.15) is 26.2 Å². The van der Waals surface area contributed by atoms with Crippen molar-refractivity contribution >= 4 is 0 Å². The second-order valence-electron chi connectivity index (χ2n) is 3.79. The molecule has 0 bridgehead atoms. The van der Waals surface area contributed by atoms with E-state index in [9.17, 15) is 0 Å². The Morgan fingerprint density at radius 2 is 2.38 bits per heavy atom. The van der Waals surface area contributed by atoms with Crippen LogP contribution < -0.4 is 5.32 Å². The largest absolute Gasteiger partial charge is 0.381 e. The van der Waals surface area contributed by atoms with Gasteiger partial charge in [-0.15, -0.1) is 11.8 Å². The summed E-state index contributed by atoms with van der Waals surface area (Å²) < 4.78 is 5.53. The van der Waals surface area contributed by atoms with Crippen LogP contribution >= 0.6 is 0 Å². The molecule has 0 radical (unpaired) electrons. The molecule has 0 aromatic heterocycles. The van der Waals surface area contributed by atoms with Crippen molar-refractivity contribution in [1.82, 2.24) is 5.32 Å². The average Bonchev–Trinajstić information content (AvgIpc) is 2.17. The molecule has 74 valence electrons. The van der Waals surface area contributed by atoms with Gasteiger partial charge in [0.25, 0.3) is 0 Å². The minimum absolute atomic E-state index is 0.274. The van der Waals surface area contributed by atoms with Crippen molar-refractivity contribution in [2.45, 2.75) is 26.2 Å². The molecule has 1 fully saturated rings. The monoisotopic (exact) mass is 181 g/mol. The normalized spacial score (nSPS) is 27.8. The molecule has 2 heteroatoms. The van der Waals surface area contributed by atoms with Gasteiger partial charge < -0.3 is 10.1 Å². The number of rotatable bonds is 3. The maximum atomic E-state index is 5.53. The molecule has 1 heterocycles. The first-order valence-electron chi connectivity index (χ1n) is 4.95. The van der Waals surface area contributed by atoms with Crippen LogP contribution in [0.3, 0.4) is 0 Å². The van der Waals surface area contributed by atoms with Crippen molar-refractivity contribution < 1.29 is 4.74 Å². The van der Waals surface area contributed by atoms with E-state index in [1.54, 1.807) is 0 Å². The lowest BCUT2D eigenvalue weighted by molar-refractivity contribution is -0.00363.